The number of fused-ring (bicyclic) bond motifs is 1. The molecular formula is C15H17NOS. The molecule has 2 heterocycles. The molecule has 2 aromatic rings. The predicted octanol–water partition coefficient (Wildman–Crippen LogP) is 3.06. The normalized spacial score (nSPS) is 17.4. The number of nitrogens with one attached hydrogen (secondary N) is 1. The lowest BCUT2D eigenvalue weighted by atomic mass is 10.0. The van der Waals surface area contributed by atoms with Gasteiger partial charge in [-0.1, -0.05) is 24.3 Å². The fourth-order valence-corrected chi connectivity index (χ4v) is 3.05. The fraction of sp³-hybridized carbons (Fsp3) is 0.333. The molecule has 18 heavy (non-hydrogen) atoms. The lowest BCUT2D eigenvalue weighted by Gasteiger charge is -2.09. The quantitative estimate of drug-likeness (QED) is 0.833. The van der Waals surface area contributed by atoms with Crippen LogP contribution in [0.25, 0.3) is 0 Å². The number of thiophene rings is 1. The summed E-state index contributed by atoms with van der Waals surface area (Å²) in [7, 11) is 0. The third-order valence-corrected chi connectivity index (χ3v) is 4.25. The Morgan fingerprint density at radius 1 is 1.22 bits per heavy atom. The van der Waals surface area contributed by atoms with Crippen LogP contribution in [-0.4, -0.2) is 19.7 Å². The molecule has 1 aliphatic heterocycles. The predicted molar refractivity (Wildman–Crippen MR) is 75.6 cm³/mol. The van der Waals surface area contributed by atoms with E-state index in [4.69, 9.17) is 4.74 Å². The maximum absolute atomic E-state index is 5.68. The molecule has 0 radical (unpaired) electrons. The summed E-state index contributed by atoms with van der Waals surface area (Å²) in [6.45, 7) is 2.85. The molecule has 2 nitrogen and oxygen atoms in total. The van der Waals surface area contributed by atoms with E-state index < -0.39 is 0 Å². The van der Waals surface area contributed by atoms with Crippen LogP contribution in [-0.2, 0) is 6.42 Å². The average molecular weight is 259 g/mol. The fourth-order valence-electron chi connectivity index (χ4n) is 2.34. The van der Waals surface area contributed by atoms with E-state index in [0.29, 0.717) is 5.92 Å². The Hall–Kier alpha value is -1.32. The van der Waals surface area contributed by atoms with Crippen molar-refractivity contribution in [3.05, 3.63) is 52.2 Å². The van der Waals surface area contributed by atoms with E-state index in [9.17, 15) is 0 Å². The number of hydrogen-bond acceptors (Lipinski definition) is 3. The van der Waals surface area contributed by atoms with Crippen molar-refractivity contribution in [2.24, 2.45) is 0 Å². The minimum Gasteiger partial charge on any atom is -0.493 e. The van der Waals surface area contributed by atoms with Gasteiger partial charge < -0.3 is 10.1 Å². The maximum Gasteiger partial charge on any atom is 0.122 e. The standard InChI is InChI=1S/C15H17NOS/c1-2-6-15-14(5-1)12(11-17-15)10-16-8-7-13-4-3-9-18-13/h1-6,9,12,16H,7-8,10-11H2. The van der Waals surface area contributed by atoms with Crippen molar-refractivity contribution >= 4 is 11.3 Å². The van der Waals surface area contributed by atoms with Gasteiger partial charge in [0.05, 0.1) is 6.61 Å². The second kappa shape index (κ2) is 5.55. The molecule has 0 saturated carbocycles. The largest absolute Gasteiger partial charge is 0.493 e. The molecule has 1 aliphatic rings. The van der Waals surface area contributed by atoms with Crippen LogP contribution >= 0.6 is 11.3 Å². The summed E-state index contributed by atoms with van der Waals surface area (Å²) in [6, 6.07) is 12.7. The second-order valence-corrected chi connectivity index (χ2v) is 5.61. The van der Waals surface area contributed by atoms with Gasteiger partial charge in [-0.2, -0.15) is 0 Å². The van der Waals surface area contributed by atoms with E-state index in [-0.39, 0.29) is 0 Å². The van der Waals surface area contributed by atoms with E-state index in [2.05, 4.69) is 41.0 Å². The lowest BCUT2D eigenvalue weighted by molar-refractivity contribution is 0.327. The number of hydrogen-bond donors (Lipinski definition) is 1. The van der Waals surface area contributed by atoms with Crippen molar-refractivity contribution in [1.82, 2.24) is 5.32 Å². The Balaban J connectivity index is 1.47. The minimum atomic E-state index is 0.504. The van der Waals surface area contributed by atoms with Gasteiger partial charge in [0.1, 0.15) is 5.75 Å². The van der Waals surface area contributed by atoms with Crippen LogP contribution in [0.3, 0.4) is 0 Å². The van der Waals surface area contributed by atoms with Crippen LogP contribution in [0.1, 0.15) is 16.4 Å². The zero-order chi connectivity index (χ0) is 12.2. The van der Waals surface area contributed by atoms with Gasteiger partial charge in [-0.3, -0.25) is 0 Å². The Morgan fingerprint density at radius 3 is 3.06 bits per heavy atom. The van der Waals surface area contributed by atoms with Crippen LogP contribution in [0.5, 0.6) is 5.75 Å². The molecule has 0 amide bonds. The summed E-state index contributed by atoms with van der Waals surface area (Å²) >= 11 is 1.83. The highest BCUT2D eigenvalue weighted by molar-refractivity contribution is 7.09. The van der Waals surface area contributed by atoms with Crippen molar-refractivity contribution in [2.75, 3.05) is 19.7 Å². The molecule has 0 aliphatic carbocycles. The highest BCUT2D eigenvalue weighted by atomic mass is 32.1. The molecule has 1 aromatic heterocycles. The molecule has 3 rings (SSSR count). The number of para-hydroxylation sites is 1. The first-order valence-corrected chi connectivity index (χ1v) is 7.26. The Kier molecular flexibility index (Phi) is 3.62. The summed E-state index contributed by atoms with van der Waals surface area (Å²) < 4.78 is 5.68. The van der Waals surface area contributed by atoms with Crippen LogP contribution in [0.2, 0.25) is 0 Å². The van der Waals surface area contributed by atoms with E-state index in [1.807, 2.05) is 17.4 Å². The summed E-state index contributed by atoms with van der Waals surface area (Å²) in [5.74, 6) is 1.56. The Bertz CT molecular complexity index is 495. The average Bonchev–Trinajstić information content (AvgIpc) is 3.04. The zero-order valence-electron chi connectivity index (χ0n) is 10.3. The van der Waals surface area contributed by atoms with Gasteiger partial charge in [0, 0.05) is 22.9 Å². The summed E-state index contributed by atoms with van der Waals surface area (Å²) in [6.07, 6.45) is 1.12. The minimum absolute atomic E-state index is 0.504. The smallest absolute Gasteiger partial charge is 0.122 e. The topological polar surface area (TPSA) is 21.3 Å². The molecular weight excluding hydrogens is 242 g/mol. The van der Waals surface area contributed by atoms with Gasteiger partial charge in [0.25, 0.3) is 0 Å². The molecule has 0 saturated heterocycles. The zero-order valence-corrected chi connectivity index (χ0v) is 11.1. The van der Waals surface area contributed by atoms with Crippen molar-refractivity contribution in [3.8, 4) is 5.75 Å². The maximum atomic E-state index is 5.68. The van der Waals surface area contributed by atoms with Crippen molar-refractivity contribution in [1.29, 1.82) is 0 Å². The van der Waals surface area contributed by atoms with Crippen molar-refractivity contribution < 1.29 is 4.74 Å². The second-order valence-electron chi connectivity index (χ2n) is 4.58. The van der Waals surface area contributed by atoms with Gasteiger partial charge in [0.15, 0.2) is 0 Å². The van der Waals surface area contributed by atoms with E-state index in [1.54, 1.807) is 0 Å². The number of rotatable bonds is 5. The molecule has 1 atom stereocenters. The monoisotopic (exact) mass is 259 g/mol. The number of benzene rings is 1. The molecule has 3 heteroatoms. The third-order valence-electron chi connectivity index (χ3n) is 3.32. The first-order valence-electron chi connectivity index (χ1n) is 6.38. The molecule has 0 fully saturated rings. The van der Waals surface area contributed by atoms with Gasteiger partial charge in [-0.25, -0.2) is 0 Å². The Labute approximate surface area is 112 Å². The van der Waals surface area contributed by atoms with Crippen LogP contribution in [0.15, 0.2) is 41.8 Å². The van der Waals surface area contributed by atoms with Gasteiger partial charge in [0.2, 0.25) is 0 Å². The first-order chi connectivity index (χ1) is 8.93. The summed E-state index contributed by atoms with van der Waals surface area (Å²) in [5, 5.41) is 5.67. The highest BCUT2D eigenvalue weighted by Crippen LogP contribution is 2.32. The van der Waals surface area contributed by atoms with Crippen LogP contribution in [0.4, 0.5) is 0 Å². The highest BCUT2D eigenvalue weighted by Gasteiger charge is 2.22. The number of ether oxygens (including phenoxy) is 1. The summed E-state index contributed by atoms with van der Waals surface area (Å²) in [5.41, 5.74) is 1.35. The van der Waals surface area contributed by atoms with Gasteiger partial charge >= 0.3 is 0 Å². The molecule has 94 valence electrons. The molecule has 1 aromatic carbocycles. The van der Waals surface area contributed by atoms with Crippen molar-refractivity contribution in [2.45, 2.75) is 12.3 Å². The van der Waals surface area contributed by atoms with Gasteiger partial charge in [-0.05, 0) is 30.5 Å². The lowest BCUT2D eigenvalue weighted by Crippen LogP contribution is -2.24. The van der Waals surface area contributed by atoms with Crippen molar-refractivity contribution in [3.63, 3.8) is 0 Å². The molecule has 0 spiro atoms. The molecule has 1 unspecified atom stereocenters. The van der Waals surface area contributed by atoms with E-state index in [1.165, 1.54) is 10.4 Å². The van der Waals surface area contributed by atoms with Crippen LogP contribution < -0.4 is 10.1 Å². The van der Waals surface area contributed by atoms with Crippen LogP contribution in [0, 0.1) is 0 Å². The van der Waals surface area contributed by atoms with Gasteiger partial charge in [-0.15, -0.1) is 11.3 Å². The summed E-state index contributed by atoms with van der Waals surface area (Å²) in [4.78, 5) is 1.45. The SMILES string of the molecule is c1csc(CCNCC2COc3ccccc32)c1. The Morgan fingerprint density at radius 2 is 2.17 bits per heavy atom. The van der Waals surface area contributed by atoms with E-state index >= 15 is 0 Å². The third kappa shape index (κ3) is 2.57. The molecule has 0 bridgehead atoms. The molecule has 1 N–H and O–H groups in total. The van der Waals surface area contributed by atoms with E-state index in [0.717, 1.165) is 31.9 Å². The first kappa shape index (κ1) is 11.8.